The van der Waals surface area contributed by atoms with Gasteiger partial charge in [0.2, 0.25) is 0 Å². The van der Waals surface area contributed by atoms with Gasteiger partial charge in [-0.2, -0.15) is 0 Å². The second-order valence-electron chi connectivity index (χ2n) is 11.7. The van der Waals surface area contributed by atoms with Crippen LogP contribution in [0.4, 0.5) is 0 Å². The first-order valence-corrected chi connectivity index (χ1v) is 15.4. The Morgan fingerprint density at radius 1 is 0.400 bits per heavy atom. The smallest absolute Gasteiger partial charge is 0.161 e. The van der Waals surface area contributed by atoms with Gasteiger partial charge in [-0.1, -0.05) is 158 Å². The molecular formula is C43H28N2. The molecule has 210 valence electrons. The SMILES string of the molecule is c1ccc(-c2nc(-c3cc4c(c5ccccc35)C(c3ccccc3)(c3ccccc3)c3ccccc3-4)nc3ccccc23)cc1. The highest BCUT2D eigenvalue weighted by Crippen LogP contribution is 2.59. The van der Waals surface area contributed by atoms with E-state index < -0.39 is 5.41 Å². The lowest BCUT2D eigenvalue weighted by Crippen LogP contribution is -2.28. The lowest BCUT2D eigenvalue weighted by molar-refractivity contribution is 0.775. The van der Waals surface area contributed by atoms with E-state index in [0.717, 1.165) is 38.9 Å². The molecule has 0 aliphatic heterocycles. The number of hydrogen-bond acceptors (Lipinski definition) is 2. The van der Waals surface area contributed by atoms with Crippen LogP contribution in [0.5, 0.6) is 0 Å². The number of fused-ring (bicyclic) bond motifs is 6. The van der Waals surface area contributed by atoms with Crippen molar-refractivity contribution in [3.05, 3.63) is 192 Å². The van der Waals surface area contributed by atoms with Crippen LogP contribution in [-0.2, 0) is 5.41 Å². The Morgan fingerprint density at radius 3 is 1.67 bits per heavy atom. The minimum Gasteiger partial charge on any atom is -0.228 e. The van der Waals surface area contributed by atoms with E-state index in [0.29, 0.717) is 0 Å². The van der Waals surface area contributed by atoms with E-state index >= 15 is 0 Å². The first-order chi connectivity index (χ1) is 22.3. The summed E-state index contributed by atoms with van der Waals surface area (Å²) in [6.45, 7) is 0. The molecule has 0 spiro atoms. The van der Waals surface area contributed by atoms with Gasteiger partial charge < -0.3 is 0 Å². The van der Waals surface area contributed by atoms with Crippen molar-refractivity contribution in [2.24, 2.45) is 0 Å². The average molecular weight is 573 g/mol. The number of rotatable bonds is 4. The minimum atomic E-state index is -0.480. The standard InChI is InChI=1S/C43H28N2/c1-4-16-29(17-5-1)41-35-25-13-15-27-39(35)44-42(45-41)37-28-36-33-23-12-14-26-38(33)43(30-18-6-2-7-19-30,31-20-8-3-9-21-31)40(36)34-24-11-10-22-32(34)37/h1-28H. The molecule has 7 aromatic carbocycles. The minimum absolute atomic E-state index is 0.480. The van der Waals surface area contributed by atoms with Gasteiger partial charge in [0, 0.05) is 16.5 Å². The molecule has 0 unspecified atom stereocenters. The van der Waals surface area contributed by atoms with E-state index in [1.54, 1.807) is 0 Å². The number of hydrogen-bond donors (Lipinski definition) is 0. The highest BCUT2D eigenvalue weighted by molar-refractivity contribution is 6.07. The highest BCUT2D eigenvalue weighted by atomic mass is 14.9. The molecule has 1 heterocycles. The molecule has 0 atom stereocenters. The van der Waals surface area contributed by atoms with E-state index in [-0.39, 0.29) is 0 Å². The molecule has 1 aliphatic rings. The Kier molecular flexibility index (Phi) is 5.76. The summed E-state index contributed by atoms with van der Waals surface area (Å²) >= 11 is 0. The van der Waals surface area contributed by atoms with E-state index in [9.17, 15) is 0 Å². The Hall–Kier alpha value is -5.86. The first-order valence-electron chi connectivity index (χ1n) is 15.4. The fourth-order valence-electron chi connectivity index (χ4n) is 7.51. The van der Waals surface area contributed by atoms with E-state index in [2.05, 4.69) is 164 Å². The predicted octanol–water partition coefficient (Wildman–Crippen LogP) is 10.5. The number of nitrogens with zero attached hydrogens (tertiary/aromatic N) is 2. The molecular weight excluding hydrogens is 544 g/mol. The van der Waals surface area contributed by atoms with Gasteiger partial charge in [-0.3, -0.25) is 0 Å². The third kappa shape index (κ3) is 3.76. The molecule has 2 heteroatoms. The second kappa shape index (κ2) is 10.1. The van der Waals surface area contributed by atoms with Crippen LogP contribution >= 0.6 is 0 Å². The van der Waals surface area contributed by atoms with Crippen LogP contribution in [0.15, 0.2) is 170 Å². The van der Waals surface area contributed by atoms with Crippen LogP contribution in [0.2, 0.25) is 0 Å². The fourth-order valence-corrected chi connectivity index (χ4v) is 7.51. The van der Waals surface area contributed by atoms with Crippen molar-refractivity contribution in [2.75, 3.05) is 0 Å². The van der Waals surface area contributed by atoms with Crippen LogP contribution in [-0.4, -0.2) is 9.97 Å². The van der Waals surface area contributed by atoms with Gasteiger partial charge in [-0.15, -0.1) is 0 Å². The molecule has 9 rings (SSSR count). The molecule has 0 saturated carbocycles. The van der Waals surface area contributed by atoms with Crippen molar-refractivity contribution < 1.29 is 0 Å². The lowest BCUT2D eigenvalue weighted by Gasteiger charge is -2.34. The van der Waals surface area contributed by atoms with E-state index in [1.807, 2.05) is 6.07 Å². The van der Waals surface area contributed by atoms with Gasteiger partial charge in [0.1, 0.15) is 0 Å². The van der Waals surface area contributed by atoms with Crippen molar-refractivity contribution in [3.8, 4) is 33.8 Å². The predicted molar refractivity (Wildman–Crippen MR) is 185 cm³/mol. The van der Waals surface area contributed by atoms with Crippen LogP contribution in [0, 0.1) is 0 Å². The van der Waals surface area contributed by atoms with Gasteiger partial charge in [-0.05, 0) is 56.3 Å². The van der Waals surface area contributed by atoms with Gasteiger partial charge in [0.25, 0.3) is 0 Å². The van der Waals surface area contributed by atoms with Crippen molar-refractivity contribution in [2.45, 2.75) is 5.41 Å². The third-order valence-electron chi connectivity index (χ3n) is 9.35. The van der Waals surface area contributed by atoms with Crippen LogP contribution in [0.1, 0.15) is 22.3 Å². The summed E-state index contributed by atoms with van der Waals surface area (Å²) in [6, 6.07) is 60.8. The largest absolute Gasteiger partial charge is 0.228 e. The molecule has 0 fully saturated rings. The van der Waals surface area contributed by atoms with Crippen LogP contribution < -0.4 is 0 Å². The fraction of sp³-hybridized carbons (Fsp3) is 0.0233. The average Bonchev–Trinajstić information content (AvgIpc) is 3.43. The summed E-state index contributed by atoms with van der Waals surface area (Å²) in [5.41, 5.74) is 11.1. The Labute approximate surface area is 262 Å². The Balaban J connectivity index is 1.42. The van der Waals surface area contributed by atoms with Crippen molar-refractivity contribution in [1.29, 1.82) is 0 Å². The number of para-hydroxylation sites is 1. The zero-order valence-corrected chi connectivity index (χ0v) is 24.6. The van der Waals surface area contributed by atoms with E-state index in [1.165, 1.54) is 38.8 Å². The van der Waals surface area contributed by atoms with Crippen LogP contribution in [0.25, 0.3) is 55.4 Å². The summed E-state index contributed by atoms with van der Waals surface area (Å²) in [7, 11) is 0. The number of aromatic nitrogens is 2. The van der Waals surface area contributed by atoms with E-state index in [4.69, 9.17) is 9.97 Å². The molecule has 45 heavy (non-hydrogen) atoms. The number of benzene rings is 7. The van der Waals surface area contributed by atoms with Crippen molar-refractivity contribution >= 4 is 21.7 Å². The molecule has 0 bridgehead atoms. The maximum Gasteiger partial charge on any atom is 0.161 e. The summed E-state index contributed by atoms with van der Waals surface area (Å²) in [4.78, 5) is 10.5. The third-order valence-corrected chi connectivity index (χ3v) is 9.35. The summed E-state index contributed by atoms with van der Waals surface area (Å²) in [6.07, 6.45) is 0. The molecule has 0 N–H and O–H groups in total. The Bertz CT molecular complexity index is 2320. The van der Waals surface area contributed by atoms with Crippen molar-refractivity contribution in [3.63, 3.8) is 0 Å². The second-order valence-corrected chi connectivity index (χ2v) is 11.7. The van der Waals surface area contributed by atoms with Gasteiger partial charge in [-0.25, -0.2) is 9.97 Å². The normalized spacial score (nSPS) is 13.1. The molecule has 1 aliphatic carbocycles. The summed E-state index contributed by atoms with van der Waals surface area (Å²) in [5.74, 6) is 0.737. The molecule has 0 saturated heterocycles. The topological polar surface area (TPSA) is 25.8 Å². The van der Waals surface area contributed by atoms with Crippen molar-refractivity contribution in [1.82, 2.24) is 9.97 Å². The highest BCUT2D eigenvalue weighted by Gasteiger charge is 2.47. The van der Waals surface area contributed by atoms with Gasteiger partial charge in [0.15, 0.2) is 5.82 Å². The van der Waals surface area contributed by atoms with Gasteiger partial charge in [0.05, 0.1) is 16.6 Å². The zero-order valence-electron chi connectivity index (χ0n) is 24.6. The molecule has 1 aromatic heterocycles. The lowest BCUT2D eigenvalue weighted by atomic mass is 9.66. The monoisotopic (exact) mass is 572 g/mol. The molecule has 8 aromatic rings. The summed E-state index contributed by atoms with van der Waals surface area (Å²) in [5, 5.41) is 3.41. The molecule has 0 radical (unpaired) electrons. The maximum atomic E-state index is 5.31. The zero-order chi connectivity index (χ0) is 29.8. The van der Waals surface area contributed by atoms with Crippen LogP contribution in [0.3, 0.4) is 0 Å². The van der Waals surface area contributed by atoms with Gasteiger partial charge >= 0.3 is 0 Å². The Morgan fingerprint density at radius 2 is 0.956 bits per heavy atom. The summed E-state index contributed by atoms with van der Waals surface area (Å²) < 4.78 is 0. The maximum absolute atomic E-state index is 5.31. The molecule has 0 amide bonds. The quantitative estimate of drug-likeness (QED) is 0.210. The molecule has 2 nitrogen and oxygen atoms in total. The first kappa shape index (κ1) is 25.6.